The lowest BCUT2D eigenvalue weighted by Crippen LogP contribution is -2.15. The molecule has 2 aromatic heterocycles. The summed E-state index contributed by atoms with van der Waals surface area (Å²) in [6.07, 6.45) is 4.25. The van der Waals surface area contributed by atoms with Crippen LogP contribution in [-0.2, 0) is 0 Å². The average Bonchev–Trinajstić information content (AvgIpc) is 2.63. The number of aliphatic hydroxyl groups is 2. The van der Waals surface area contributed by atoms with Gasteiger partial charge in [-0.3, -0.25) is 0 Å². The topological polar surface area (TPSA) is 153 Å². The van der Waals surface area contributed by atoms with E-state index in [9.17, 15) is 5.11 Å². The van der Waals surface area contributed by atoms with Crippen molar-refractivity contribution in [1.29, 1.82) is 0 Å². The number of allylic oxidation sites excluding steroid dienone is 1. The van der Waals surface area contributed by atoms with Crippen LogP contribution in [0.5, 0.6) is 0 Å². The summed E-state index contributed by atoms with van der Waals surface area (Å²) < 4.78 is 0. The fourth-order valence-electron chi connectivity index (χ4n) is 1.61. The van der Waals surface area contributed by atoms with Crippen LogP contribution in [0.15, 0.2) is 18.5 Å². The summed E-state index contributed by atoms with van der Waals surface area (Å²) in [6, 6.07) is 0. The van der Waals surface area contributed by atoms with E-state index >= 15 is 0 Å². The van der Waals surface area contributed by atoms with E-state index in [1.54, 1.807) is 6.08 Å². The minimum atomic E-state index is -1.15. The smallest absolute Gasteiger partial charge is 0.312 e. The highest BCUT2D eigenvalue weighted by Gasteiger charge is 2.20. The van der Waals surface area contributed by atoms with Crippen molar-refractivity contribution in [1.82, 2.24) is 19.9 Å². The second kappa shape index (κ2) is 9.64. The quantitative estimate of drug-likeness (QED) is 0.607. The number of hydrogen-bond donors (Lipinski definition) is 4. The van der Waals surface area contributed by atoms with Gasteiger partial charge in [0.25, 0.3) is 0 Å². The standard InChI is InChI=1S/C8H10N4O2.C8H8N4/c1-4(13)6(14)5-3-11-7(9)8(10-2)12-5;1-3-4-6-5-11-7(9)8(10-2)12-6/h3-4,6,13-14H,1H3,(H2,9,11);3-5H,1H3,(H2,9,11)/b;4-3+/t4-,6+;/m1./s1. The first-order valence-corrected chi connectivity index (χ1v) is 7.32. The van der Waals surface area contributed by atoms with Gasteiger partial charge in [-0.1, -0.05) is 19.2 Å². The van der Waals surface area contributed by atoms with E-state index in [-0.39, 0.29) is 29.0 Å². The third-order valence-electron chi connectivity index (χ3n) is 2.91. The number of hydrogen-bond acceptors (Lipinski definition) is 8. The van der Waals surface area contributed by atoms with Crippen LogP contribution in [0.1, 0.15) is 31.3 Å². The van der Waals surface area contributed by atoms with Crippen molar-refractivity contribution in [2.45, 2.75) is 26.1 Å². The highest BCUT2D eigenvalue weighted by Crippen LogP contribution is 2.21. The maximum Gasteiger partial charge on any atom is 0.312 e. The van der Waals surface area contributed by atoms with Gasteiger partial charge in [0, 0.05) is 0 Å². The molecule has 0 aliphatic carbocycles. The van der Waals surface area contributed by atoms with Crippen molar-refractivity contribution in [2.75, 3.05) is 11.5 Å². The number of rotatable bonds is 3. The van der Waals surface area contributed by atoms with Crippen molar-refractivity contribution in [2.24, 2.45) is 0 Å². The number of aliphatic hydroxyl groups excluding tert-OH is 2. The molecule has 0 saturated heterocycles. The van der Waals surface area contributed by atoms with Crippen LogP contribution in [0.2, 0.25) is 0 Å². The molecule has 0 aromatic carbocycles. The summed E-state index contributed by atoms with van der Waals surface area (Å²) in [5, 5.41) is 18.5. The predicted octanol–water partition coefficient (Wildman–Crippen LogP) is 1.67. The number of nitrogens with zero attached hydrogens (tertiary/aromatic N) is 6. The summed E-state index contributed by atoms with van der Waals surface area (Å²) in [5.74, 6) is 0.285. The van der Waals surface area contributed by atoms with Crippen LogP contribution in [0.4, 0.5) is 23.3 Å². The van der Waals surface area contributed by atoms with Crippen LogP contribution in [0, 0.1) is 13.1 Å². The van der Waals surface area contributed by atoms with E-state index in [0.717, 1.165) is 0 Å². The molecule has 0 saturated carbocycles. The fourth-order valence-corrected chi connectivity index (χ4v) is 1.61. The van der Waals surface area contributed by atoms with Gasteiger partial charge in [0.2, 0.25) is 0 Å². The van der Waals surface area contributed by atoms with Crippen molar-refractivity contribution in [3.63, 3.8) is 0 Å². The number of anilines is 2. The molecule has 0 radical (unpaired) electrons. The zero-order valence-electron chi connectivity index (χ0n) is 14.2. The molecule has 10 nitrogen and oxygen atoms in total. The summed E-state index contributed by atoms with van der Waals surface area (Å²) in [5.41, 5.74) is 11.5. The SMILES string of the molecule is [C-]#[N+]c1nc(/C=C/C)cnc1N.[C-]#[N+]c1nc([C@@H](O)[C@@H](C)O)cnc1N. The second-order valence-electron chi connectivity index (χ2n) is 4.92. The summed E-state index contributed by atoms with van der Waals surface area (Å²) in [4.78, 5) is 21.4. The molecule has 2 rings (SSSR count). The second-order valence-corrected chi connectivity index (χ2v) is 4.92. The molecule has 2 atom stereocenters. The molecular formula is C16H18N8O2. The zero-order chi connectivity index (χ0) is 19.7. The normalized spacial score (nSPS) is 12.4. The lowest BCUT2D eigenvalue weighted by molar-refractivity contribution is 0.0277. The fraction of sp³-hybridized carbons (Fsp3) is 0.250. The van der Waals surface area contributed by atoms with E-state index in [1.165, 1.54) is 19.3 Å². The monoisotopic (exact) mass is 354 g/mol. The molecule has 0 spiro atoms. The molecule has 26 heavy (non-hydrogen) atoms. The number of nitrogen functional groups attached to an aromatic ring is 2. The predicted molar refractivity (Wildman–Crippen MR) is 96.8 cm³/mol. The third kappa shape index (κ3) is 5.49. The molecule has 2 aromatic rings. The molecule has 0 fully saturated rings. The minimum absolute atomic E-state index is 0.0153. The summed E-state index contributed by atoms with van der Waals surface area (Å²) in [7, 11) is 0. The van der Waals surface area contributed by atoms with Crippen molar-refractivity contribution in [3.8, 4) is 0 Å². The molecule has 0 amide bonds. The van der Waals surface area contributed by atoms with E-state index in [2.05, 4.69) is 29.6 Å². The van der Waals surface area contributed by atoms with E-state index in [0.29, 0.717) is 5.69 Å². The van der Waals surface area contributed by atoms with Gasteiger partial charge >= 0.3 is 11.6 Å². The van der Waals surface area contributed by atoms with Crippen LogP contribution in [-0.4, -0.2) is 36.3 Å². The van der Waals surface area contributed by atoms with Gasteiger partial charge in [0.05, 0.1) is 18.5 Å². The van der Waals surface area contributed by atoms with Gasteiger partial charge in [0.15, 0.2) is 11.4 Å². The molecular weight excluding hydrogens is 336 g/mol. The van der Waals surface area contributed by atoms with Gasteiger partial charge in [0.1, 0.15) is 17.7 Å². The Hall–Kier alpha value is -3.60. The maximum absolute atomic E-state index is 9.41. The molecule has 2 heterocycles. The molecule has 134 valence electrons. The maximum atomic E-state index is 9.41. The Bertz CT molecular complexity index is 868. The minimum Gasteiger partial charge on any atom is -0.391 e. The first-order valence-electron chi connectivity index (χ1n) is 7.32. The molecule has 0 aliphatic heterocycles. The first-order chi connectivity index (χ1) is 12.3. The van der Waals surface area contributed by atoms with Crippen LogP contribution in [0.25, 0.3) is 15.8 Å². The molecule has 0 aliphatic rings. The van der Waals surface area contributed by atoms with Gasteiger partial charge in [-0.25, -0.2) is 9.97 Å². The Morgan fingerprint density at radius 3 is 2.08 bits per heavy atom. The molecule has 0 bridgehead atoms. The largest absolute Gasteiger partial charge is 0.391 e. The van der Waals surface area contributed by atoms with Crippen LogP contribution >= 0.6 is 0 Å². The zero-order valence-corrected chi connectivity index (χ0v) is 14.2. The number of nitrogens with two attached hydrogens (primary N) is 2. The van der Waals surface area contributed by atoms with Gasteiger partial charge < -0.3 is 31.4 Å². The Balaban J connectivity index is 0.000000263. The lowest BCUT2D eigenvalue weighted by Gasteiger charge is -2.09. The van der Waals surface area contributed by atoms with Crippen molar-refractivity contribution in [3.05, 3.63) is 52.7 Å². The van der Waals surface area contributed by atoms with Crippen molar-refractivity contribution < 1.29 is 10.2 Å². The Morgan fingerprint density at radius 1 is 1.04 bits per heavy atom. The molecule has 0 unspecified atom stereocenters. The average molecular weight is 354 g/mol. The van der Waals surface area contributed by atoms with Crippen LogP contribution < -0.4 is 11.5 Å². The van der Waals surface area contributed by atoms with E-state index in [1.807, 2.05) is 13.0 Å². The molecule has 6 N–H and O–H groups in total. The van der Waals surface area contributed by atoms with Crippen molar-refractivity contribution >= 4 is 29.3 Å². The summed E-state index contributed by atoms with van der Waals surface area (Å²) >= 11 is 0. The lowest BCUT2D eigenvalue weighted by atomic mass is 10.2. The Kier molecular flexibility index (Phi) is 7.58. The Labute approximate surface area is 150 Å². The highest BCUT2D eigenvalue weighted by molar-refractivity contribution is 5.59. The van der Waals surface area contributed by atoms with E-state index < -0.39 is 12.2 Å². The Morgan fingerprint density at radius 2 is 1.58 bits per heavy atom. The number of aromatic nitrogens is 4. The van der Waals surface area contributed by atoms with E-state index in [4.69, 9.17) is 29.7 Å². The first kappa shape index (κ1) is 20.4. The molecule has 10 heteroatoms. The highest BCUT2D eigenvalue weighted by atomic mass is 16.3. The third-order valence-corrected chi connectivity index (χ3v) is 2.91. The van der Waals surface area contributed by atoms with Gasteiger partial charge in [-0.05, 0) is 19.9 Å². The van der Waals surface area contributed by atoms with Crippen LogP contribution in [0.3, 0.4) is 0 Å². The van der Waals surface area contributed by atoms with Gasteiger partial charge in [-0.15, -0.1) is 9.97 Å². The van der Waals surface area contributed by atoms with Gasteiger partial charge in [-0.2, -0.15) is 0 Å². The summed E-state index contributed by atoms with van der Waals surface area (Å²) in [6.45, 7) is 16.7.